The fourth-order valence-corrected chi connectivity index (χ4v) is 5.41. The highest BCUT2D eigenvalue weighted by molar-refractivity contribution is 5.90. The molecule has 0 bridgehead atoms. The Balaban J connectivity index is 1.46. The number of ether oxygens (including phenoxy) is 4. The number of carbonyl (C=O) groups is 2. The molecule has 0 spiro atoms. The number of aryl methyl sites for hydroxylation is 1. The normalized spacial score (nSPS) is 21.7. The zero-order valence-corrected chi connectivity index (χ0v) is 21.5. The maximum absolute atomic E-state index is 13.8. The van der Waals surface area contributed by atoms with Crippen molar-refractivity contribution in [3.05, 3.63) is 88.5 Å². The van der Waals surface area contributed by atoms with Crippen molar-refractivity contribution in [2.45, 2.75) is 43.7 Å². The molecule has 3 aromatic rings. The molecule has 0 saturated heterocycles. The summed E-state index contributed by atoms with van der Waals surface area (Å²) in [6.45, 7) is 2.01. The van der Waals surface area contributed by atoms with Crippen molar-refractivity contribution in [2.75, 3.05) is 21.3 Å². The molecule has 1 heterocycles. The van der Waals surface area contributed by atoms with Crippen LogP contribution in [0.25, 0.3) is 0 Å². The van der Waals surface area contributed by atoms with Crippen LogP contribution in [0.5, 0.6) is 17.2 Å². The first-order valence-electron chi connectivity index (χ1n) is 12.4. The number of esters is 1. The van der Waals surface area contributed by atoms with Crippen molar-refractivity contribution in [3.63, 3.8) is 0 Å². The van der Waals surface area contributed by atoms with Crippen LogP contribution in [0.15, 0.2) is 60.7 Å². The van der Waals surface area contributed by atoms with Gasteiger partial charge in [-0.1, -0.05) is 18.2 Å². The number of hydrogen-bond donors (Lipinski definition) is 1. The van der Waals surface area contributed by atoms with Gasteiger partial charge in [-0.2, -0.15) is 0 Å². The number of amides is 1. The summed E-state index contributed by atoms with van der Waals surface area (Å²) in [6, 6.07) is 18.5. The fourth-order valence-electron chi connectivity index (χ4n) is 5.41. The minimum atomic E-state index is -0.646. The molecule has 5 rings (SSSR count). The lowest BCUT2D eigenvalue weighted by atomic mass is 9.82. The van der Waals surface area contributed by atoms with Gasteiger partial charge in [-0.3, -0.25) is 4.79 Å². The Morgan fingerprint density at radius 3 is 2.49 bits per heavy atom. The first kappa shape index (κ1) is 24.7. The standard InChI is InChI=1S/C30H31NO6/c1-30(13-12-18-15-21(34-2)9-11-24(18)30)29(33)31-25-17-26(19-6-5-7-20(14-19)28(32)36-4)37-27-16-22(35-3)8-10-23(25)27/h5-11,14-16,25-26H,12-13,17H2,1-4H3,(H,31,33)/t25-,26-,30-/m1/s1. The molecule has 2 aliphatic rings. The van der Waals surface area contributed by atoms with E-state index in [1.165, 1.54) is 7.11 Å². The molecule has 3 atom stereocenters. The third-order valence-electron chi connectivity index (χ3n) is 7.60. The molecule has 0 aromatic heterocycles. The summed E-state index contributed by atoms with van der Waals surface area (Å²) >= 11 is 0. The predicted octanol–water partition coefficient (Wildman–Crippen LogP) is 5.08. The monoisotopic (exact) mass is 501 g/mol. The van der Waals surface area contributed by atoms with Crippen LogP contribution in [0.1, 0.15) is 64.5 Å². The summed E-state index contributed by atoms with van der Waals surface area (Å²) in [6.07, 6.45) is 1.69. The Kier molecular flexibility index (Phi) is 6.54. The molecule has 37 heavy (non-hydrogen) atoms. The van der Waals surface area contributed by atoms with E-state index >= 15 is 0 Å². The third-order valence-corrected chi connectivity index (χ3v) is 7.60. The summed E-state index contributed by atoms with van der Waals surface area (Å²) in [5.41, 5.74) is 3.71. The average Bonchev–Trinajstić information content (AvgIpc) is 3.29. The molecule has 0 fully saturated rings. The molecule has 0 unspecified atom stereocenters. The molecule has 192 valence electrons. The van der Waals surface area contributed by atoms with Gasteiger partial charge in [-0.05, 0) is 72.9 Å². The minimum Gasteiger partial charge on any atom is -0.497 e. The van der Waals surface area contributed by atoms with E-state index in [1.54, 1.807) is 26.4 Å². The van der Waals surface area contributed by atoms with Crippen molar-refractivity contribution >= 4 is 11.9 Å². The van der Waals surface area contributed by atoms with Crippen molar-refractivity contribution in [2.24, 2.45) is 0 Å². The number of methoxy groups -OCH3 is 3. The van der Waals surface area contributed by atoms with Crippen LogP contribution in [-0.2, 0) is 21.4 Å². The molecule has 7 heteroatoms. The van der Waals surface area contributed by atoms with Crippen LogP contribution in [0.3, 0.4) is 0 Å². The van der Waals surface area contributed by atoms with Crippen molar-refractivity contribution in [1.29, 1.82) is 0 Å². The number of carbonyl (C=O) groups excluding carboxylic acids is 2. The van der Waals surface area contributed by atoms with Gasteiger partial charge < -0.3 is 24.3 Å². The minimum absolute atomic E-state index is 0.0212. The number of nitrogens with one attached hydrogen (secondary N) is 1. The zero-order valence-electron chi connectivity index (χ0n) is 21.5. The van der Waals surface area contributed by atoms with Crippen LogP contribution in [-0.4, -0.2) is 33.2 Å². The van der Waals surface area contributed by atoms with E-state index in [1.807, 2.05) is 55.5 Å². The topological polar surface area (TPSA) is 83.1 Å². The molecule has 1 aliphatic heterocycles. The van der Waals surface area contributed by atoms with Crippen LogP contribution in [0.2, 0.25) is 0 Å². The quantitative estimate of drug-likeness (QED) is 0.475. The molecular weight excluding hydrogens is 470 g/mol. The van der Waals surface area contributed by atoms with E-state index in [0.717, 1.165) is 40.8 Å². The number of rotatable bonds is 6. The summed E-state index contributed by atoms with van der Waals surface area (Å²) in [5, 5.41) is 3.33. The summed E-state index contributed by atoms with van der Waals surface area (Å²) in [4.78, 5) is 26.0. The van der Waals surface area contributed by atoms with Crippen molar-refractivity contribution < 1.29 is 28.5 Å². The second-order valence-corrected chi connectivity index (χ2v) is 9.74. The smallest absolute Gasteiger partial charge is 0.337 e. The second kappa shape index (κ2) is 9.81. The zero-order chi connectivity index (χ0) is 26.2. The number of fused-ring (bicyclic) bond motifs is 2. The third kappa shape index (κ3) is 4.50. The Labute approximate surface area is 216 Å². The van der Waals surface area contributed by atoms with Gasteiger partial charge in [0, 0.05) is 18.1 Å². The van der Waals surface area contributed by atoms with Crippen LogP contribution >= 0.6 is 0 Å². The van der Waals surface area contributed by atoms with Gasteiger partial charge >= 0.3 is 5.97 Å². The van der Waals surface area contributed by atoms with Crippen LogP contribution in [0, 0.1) is 0 Å². The van der Waals surface area contributed by atoms with Gasteiger partial charge in [0.05, 0.1) is 38.3 Å². The van der Waals surface area contributed by atoms with E-state index in [-0.39, 0.29) is 18.1 Å². The van der Waals surface area contributed by atoms with E-state index in [9.17, 15) is 9.59 Å². The Morgan fingerprint density at radius 2 is 1.73 bits per heavy atom. The van der Waals surface area contributed by atoms with Crippen LogP contribution in [0.4, 0.5) is 0 Å². The van der Waals surface area contributed by atoms with E-state index in [0.29, 0.717) is 23.5 Å². The van der Waals surface area contributed by atoms with Gasteiger partial charge in [0.1, 0.15) is 23.4 Å². The van der Waals surface area contributed by atoms with Crippen molar-refractivity contribution in [3.8, 4) is 17.2 Å². The maximum atomic E-state index is 13.8. The largest absolute Gasteiger partial charge is 0.497 e. The predicted molar refractivity (Wildman–Crippen MR) is 138 cm³/mol. The van der Waals surface area contributed by atoms with E-state index in [4.69, 9.17) is 18.9 Å². The van der Waals surface area contributed by atoms with E-state index < -0.39 is 11.4 Å². The van der Waals surface area contributed by atoms with Gasteiger partial charge in [0.25, 0.3) is 0 Å². The summed E-state index contributed by atoms with van der Waals surface area (Å²) < 4.78 is 22.1. The van der Waals surface area contributed by atoms with Crippen molar-refractivity contribution in [1.82, 2.24) is 5.32 Å². The average molecular weight is 502 g/mol. The lowest BCUT2D eigenvalue weighted by Gasteiger charge is -2.35. The first-order valence-corrected chi connectivity index (χ1v) is 12.4. The Hall–Kier alpha value is -4.00. The lowest BCUT2D eigenvalue weighted by Crippen LogP contribution is -2.44. The first-order chi connectivity index (χ1) is 17.9. The highest BCUT2D eigenvalue weighted by Gasteiger charge is 2.43. The lowest BCUT2D eigenvalue weighted by molar-refractivity contribution is -0.127. The fraction of sp³-hybridized carbons (Fsp3) is 0.333. The Morgan fingerprint density at radius 1 is 0.973 bits per heavy atom. The molecule has 0 radical (unpaired) electrons. The highest BCUT2D eigenvalue weighted by Crippen LogP contribution is 2.45. The number of benzene rings is 3. The van der Waals surface area contributed by atoms with Crippen LogP contribution < -0.4 is 19.5 Å². The highest BCUT2D eigenvalue weighted by atomic mass is 16.5. The molecule has 1 N–H and O–H groups in total. The molecule has 7 nitrogen and oxygen atoms in total. The van der Waals surface area contributed by atoms with Gasteiger partial charge in [-0.25, -0.2) is 4.79 Å². The van der Waals surface area contributed by atoms with Gasteiger partial charge in [0.15, 0.2) is 0 Å². The molecular formula is C30H31NO6. The summed E-state index contributed by atoms with van der Waals surface area (Å²) in [7, 11) is 4.62. The SMILES string of the molecule is COC(=O)c1cccc([C@H]2C[C@@H](NC(=O)[C@]3(C)CCc4cc(OC)ccc43)c3ccc(OC)cc3O2)c1. The maximum Gasteiger partial charge on any atom is 0.337 e. The summed E-state index contributed by atoms with van der Waals surface area (Å²) in [5.74, 6) is 1.68. The Bertz CT molecular complexity index is 1350. The van der Waals surface area contributed by atoms with Gasteiger partial charge in [-0.15, -0.1) is 0 Å². The molecule has 3 aromatic carbocycles. The molecule has 1 aliphatic carbocycles. The second-order valence-electron chi connectivity index (χ2n) is 9.74. The van der Waals surface area contributed by atoms with Gasteiger partial charge in [0.2, 0.25) is 5.91 Å². The number of hydrogen-bond acceptors (Lipinski definition) is 6. The molecule has 1 amide bonds. The molecule has 0 saturated carbocycles. The van der Waals surface area contributed by atoms with E-state index in [2.05, 4.69) is 5.32 Å².